The average Bonchev–Trinajstić information content (AvgIpc) is 3.67. The zero-order chi connectivity index (χ0) is 32.2. The third-order valence-corrected chi connectivity index (χ3v) is 12.4. The largest absolute Gasteiger partial charge is 0.477 e. The van der Waals surface area contributed by atoms with Crippen LogP contribution in [0.25, 0.3) is 0 Å². The second kappa shape index (κ2) is 12.0. The predicted molar refractivity (Wildman–Crippen MR) is 168 cm³/mol. The summed E-state index contributed by atoms with van der Waals surface area (Å²) in [6, 6.07) is 9.50. The highest BCUT2D eigenvalue weighted by Crippen LogP contribution is 2.51. The molecule has 2 aromatic carbocycles. The van der Waals surface area contributed by atoms with Crippen molar-refractivity contribution in [3.63, 3.8) is 0 Å². The normalized spacial score (nSPS) is 23.5. The molecule has 2 aliphatic rings. The summed E-state index contributed by atoms with van der Waals surface area (Å²) in [7, 11) is -3.71. The molecule has 0 unspecified atom stereocenters. The molecule has 1 saturated carbocycles. The zero-order valence-electron chi connectivity index (χ0n) is 24.6. The van der Waals surface area contributed by atoms with Gasteiger partial charge in [0.25, 0.3) is 5.91 Å². The smallest absolute Gasteiger partial charge is 0.347 e. The molecule has 1 amide bonds. The van der Waals surface area contributed by atoms with Crippen molar-refractivity contribution >= 4 is 56.3 Å². The van der Waals surface area contributed by atoms with Crippen molar-refractivity contribution in [1.82, 2.24) is 9.88 Å². The van der Waals surface area contributed by atoms with Gasteiger partial charge in [0.1, 0.15) is 16.8 Å². The molecule has 2 heterocycles. The number of carboxylic acid groups (broad SMARTS) is 1. The number of nitrogens with zero attached hydrogens (tertiary/aromatic N) is 2. The van der Waals surface area contributed by atoms with Crippen LogP contribution >= 0.6 is 34.5 Å². The second-order valence-electron chi connectivity index (χ2n) is 12.6. The first-order valence-corrected chi connectivity index (χ1v) is 17.3. The Kier molecular flexibility index (Phi) is 8.94. The Morgan fingerprint density at radius 3 is 2.48 bits per heavy atom. The lowest BCUT2D eigenvalue weighted by molar-refractivity contribution is -0.202. The van der Waals surface area contributed by atoms with Gasteiger partial charge in [-0.25, -0.2) is 22.6 Å². The highest BCUT2D eigenvalue weighted by atomic mass is 35.5. The number of halogens is 3. The van der Waals surface area contributed by atoms with Gasteiger partial charge in [0, 0.05) is 17.5 Å². The molecular weight excluding hydrogens is 650 g/mol. The molecule has 1 aromatic heterocycles. The summed E-state index contributed by atoms with van der Waals surface area (Å²) in [6.45, 7) is 6.48. The number of benzene rings is 2. The van der Waals surface area contributed by atoms with Crippen molar-refractivity contribution in [2.45, 2.75) is 75.5 Å². The molecule has 5 rings (SSSR count). The molecule has 1 aliphatic heterocycles. The maximum absolute atomic E-state index is 15.0. The summed E-state index contributed by atoms with van der Waals surface area (Å²) in [4.78, 5) is 32.2. The van der Waals surface area contributed by atoms with Crippen LogP contribution in [0.3, 0.4) is 0 Å². The number of rotatable bonds is 9. The van der Waals surface area contributed by atoms with Crippen molar-refractivity contribution < 1.29 is 32.2 Å². The first-order chi connectivity index (χ1) is 20.5. The van der Waals surface area contributed by atoms with Crippen molar-refractivity contribution in [2.75, 3.05) is 5.75 Å². The van der Waals surface area contributed by atoms with Gasteiger partial charge in [-0.3, -0.25) is 4.79 Å². The number of ether oxygens (including phenoxy) is 1. The van der Waals surface area contributed by atoms with Crippen LogP contribution in [-0.4, -0.2) is 57.4 Å². The number of aromatic carboxylic acids is 1. The van der Waals surface area contributed by atoms with Gasteiger partial charge in [-0.1, -0.05) is 41.4 Å². The van der Waals surface area contributed by atoms with Crippen molar-refractivity contribution in [3.05, 3.63) is 85.5 Å². The fraction of sp³-hybridized carbons (Fsp3) is 0.452. The maximum atomic E-state index is 15.0. The van der Waals surface area contributed by atoms with Gasteiger partial charge in [0.15, 0.2) is 15.4 Å². The number of hydrogen-bond acceptors (Lipinski definition) is 7. The summed E-state index contributed by atoms with van der Waals surface area (Å²) in [6.07, 6.45) is 1.71. The number of morpholine rings is 1. The van der Waals surface area contributed by atoms with E-state index in [9.17, 15) is 23.1 Å². The fourth-order valence-electron chi connectivity index (χ4n) is 5.56. The van der Waals surface area contributed by atoms with E-state index < -0.39 is 56.1 Å². The lowest BCUT2D eigenvalue weighted by Gasteiger charge is -2.52. The van der Waals surface area contributed by atoms with Crippen LogP contribution in [0.1, 0.15) is 78.5 Å². The first kappa shape index (κ1) is 32.8. The molecule has 44 heavy (non-hydrogen) atoms. The van der Waals surface area contributed by atoms with E-state index in [1.54, 1.807) is 62.9 Å². The van der Waals surface area contributed by atoms with Gasteiger partial charge in [-0.05, 0) is 81.8 Å². The summed E-state index contributed by atoms with van der Waals surface area (Å²) < 4.78 is 48.0. The minimum absolute atomic E-state index is 0.0109. The Labute approximate surface area is 270 Å². The molecule has 236 valence electrons. The number of carbonyl (C=O) groups excluding carboxylic acids is 1. The maximum Gasteiger partial charge on any atom is 0.347 e. The molecular formula is C31H33Cl2FN2O6S2. The summed E-state index contributed by atoms with van der Waals surface area (Å²) in [5.41, 5.74) is -0.602. The number of carbonyl (C=O) groups is 2. The van der Waals surface area contributed by atoms with Crippen LogP contribution in [0.2, 0.25) is 10.0 Å². The number of hydrogen-bond donors (Lipinski definition) is 1. The van der Waals surface area contributed by atoms with Crippen molar-refractivity contribution in [1.29, 1.82) is 0 Å². The van der Waals surface area contributed by atoms with Crippen molar-refractivity contribution in [2.24, 2.45) is 5.92 Å². The molecule has 0 bridgehead atoms. The van der Waals surface area contributed by atoms with E-state index in [1.165, 1.54) is 18.3 Å². The summed E-state index contributed by atoms with van der Waals surface area (Å²) >= 11 is 13.4. The van der Waals surface area contributed by atoms with E-state index in [2.05, 4.69) is 4.98 Å². The monoisotopic (exact) mass is 682 g/mol. The Bertz CT molecular complexity index is 1700. The Morgan fingerprint density at radius 1 is 1.20 bits per heavy atom. The topological polar surface area (TPSA) is 114 Å². The Morgan fingerprint density at radius 2 is 1.91 bits per heavy atom. The van der Waals surface area contributed by atoms with Crippen LogP contribution in [0, 0.1) is 11.7 Å². The quantitative estimate of drug-likeness (QED) is 0.261. The standard InChI is InChI=1S/C31H33Cl2FN2O6S2/c1-30(2,3)44(40,41)16-23(17-8-9-17)36-26(18-10-11-21(33)22(34)13-18)27(19-6-5-7-20(32)12-19)42-31(4,29(36)39)14-25-35-15-24(43-25)28(37)38/h5-7,10-13,15,17,23,26-27H,8-9,14,16H2,1-4H3,(H,37,38)/t23-,26-,27-,31-/m1/s1. The lowest BCUT2D eigenvalue weighted by Crippen LogP contribution is -2.62. The molecule has 13 heteroatoms. The number of sulfone groups is 1. The van der Waals surface area contributed by atoms with E-state index >= 15 is 4.39 Å². The van der Waals surface area contributed by atoms with E-state index in [0.29, 0.717) is 21.2 Å². The predicted octanol–water partition coefficient (Wildman–Crippen LogP) is 6.92. The van der Waals surface area contributed by atoms with Crippen LogP contribution in [-0.2, 0) is 25.8 Å². The van der Waals surface area contributed by atoms with E-state index in [1.807, 2.05) is 0 Å². The van der Waals surface area contributed by atoms with Crippen LogP contribution in [0.4, 0.5) is 4.39 Å². The fourth-order valence-corrected chi connectivity index (χ4v) is 8.16. The van der Waals surface area contributed by atoms with Gasteiger partial charge in [-0.2, -0.15) is 0 Å². The third kappa shape index (κ3) is 6.53. The van der Waals surface area contributed by atoms with E-state index in [0.717, 1.165) is 24.2 Å². The summed E-state index contributed by atoms with van der Waals surface area (Å²) in [5.74, 6) is -2.72. The molecule has 0 spiro atoms. The van der Waals surface area contributed by atoms with E-state index in [-0.39, 0.29) is 28.0 Å². The van der Waals surface area contributed by atoms with Crippen molar-refractivity contribution in [3.8, 4) is 0 Å². The first-order valence-electron chi connectivity index (χ1n) is 14.1. The van der Waals surface area contributed by atoms with Gasteiger partial charge in [0.2, 0.25) is 0 Å². The number of thiazole rings is 1. The van der Waals surface area contributed by atoms with E-state index in [4.69, 9.17) is 27.9 Å². The second-order valence-corrected chi connectivity index (χ2v) is 17.3. The van der Waals surface area contributed by atoms with Crippen LogP contribution < -0.4 is 0 Å². The lowest BCUT2D eigenvalue weighted by atomic mass is 9.85. The minimum Gasteiger partial charge on any atom is -0.477 e. The molecule has 1 saturated heterocycles. The van der Waals surface area contributed by atoms with Gasteiger partial charge in [-0.15, -0.1) is 11.3 Å². The summed E-state index contributed by atoms with van der Waals surface area (Å²) in [5, 5.41) is 10.1. The number of aromatic nitrogens is 1. The van der Waals surface area contributed by atoms with Crippen LogP contribution in [0.15, 0.2) is 48.7 Å². The molecule has 1 aliphatic carbocycles. The zero-order valence-corrected chi connectivity index (χ0v) is 27.7. The highest BCUT2D eigenvalue weighted by Gasteiger charge is 2.56. The Hall–Kier alpha value is -2.57. The van der Waals surface area contributed by atoms with Gasteiger partial charge in [0.05, 0.1) is 32.8 Å². The van der Waals surface area contributed by atoms with Crippen LogP contribution in [0.5, 0.6) is 0 Å². The molecule has 0 radical (unpaired) electrons. The third-order valence-electron chi connectivity index (χ3n) is 8.22. The molecule has 4 atom stereocenters. The number of carboxylic acids is 1. The molecule has 2 fully saturated rings. The highest BCUT2D eigenvalue weighted by molar-refractivity contribution is 7.92. The number of amides is 1. The molecule has 8 nitrogen and oxygen atoms in total. The average molecular weight is 684 g/mol. The van der Waals surface area contributed by atoms with Gasteiger partial charge < -0.3 is 14.7 Å². The Balaban J connectivity index is 1.71. The molecule has 3 aromatic rings. The van der Waals surface area contributed by atoms with Gasteiger partial charge >= 0.3 is 5.97 Å². The molecule has 1 N–H and O–H groups in total. The SMILES string of the molecule is CC(C)(C)S(=O)(=O)C[C@H](C1CC1)N1C(=O)[C@@](C)(Cc2ncc(C(=O)O)s2)O[C@H](c2cccc(Cl)c2)[C@H]1c1ccc(Cl)c(F)c1. The minimum atomic E-state index is -3.71.